The maximum atomic E-state index is 11.8. The number of aromatic nitrogens is 1. The van der Waals surface area contributed by atoms with E-state index in [0.29, 0.717) is 12.4 Å². The molecule has 0 bridgehead atoms. The van der Waals surface area contributed by atoms with Gasteiger partial charge in [0, 0.05) is 12.3 Å². The van der Waals surface area contributed by atoms with Crippen LogP contribution in [0.5, 0.6) is 0 Å². The summed E-state index contributed by atoms with van der Waals surface area (Å²) in [7, 11) is 0. The zero-order valence-corrected chi connectivity index (χ0v) is 9.62. The van der Waals surface area contributed by atoms with Crippen molar-refractivity contribution < 1.29 is 9.53 Å². The molecule has 1 aromatic heterocycles. The standard InChI is InChI=1S/C12H16N2O2/c1-8-6-9(2)13-11(7-8)14-12(15)10-4-3-5-16-10/h6-7,10H,3-5H2,1-2H3,(H,13,14,15). The molecule has 2 rings (SSSR count). The van der Waals surface area contributed by atoms with E-state index >= 15 is 0 Å². The normalized spacial score (nSPS) is 19.8. The Bertz CT molecular complexity index is 378. The summed E-state index contributed by atoms with van der Waals surface area (Å²) in [5.74, 6) is 0.521. The lowest BCUT2D eigenvalue weighted by molar-refractivity contribution is -0.124. The number of nitrogens with zero attached hydrogens (tertiary/aromatic N) is 1. The minimum absolute atomic E-state index is 0.0880. The lowest BCUT2D eigenvalue weighted by Crippen LogP contribution is -2.27. The molecule has 0 aliphatic carbocycles. The maximum Gasteiger partial charge on any atom is 0.254 e. The fourth-order valence-corrected chi connectivity index (χ4v) is 1.90. The van der Waals surface area contributed by atoms with Crippen molar-refractivity contribution in [3.8, 4) is 0 Å². The molecule has 2 heterocycles. The van der Waals surface area contributed by atoms with Gasteiger partial charge in [0.25, 0.3) is 5.91 Å². The van der Waals surface area contributed by atoms with Crippen LogP contribution in [-0.2, 0) is 9.53 Å². The monoisotopic (exact) mass is 220 g/mol. The van der Waals surface area contributed by atoms with E-state index in [1.165, 1.54) is 0 Å². The second-order valence-electron chi connectivity index (χ2n) is 4.16. The van der Waals surface area contributed by atoms with Crippen molar-refractivity contribution in [2.45, 2.75) is 32.8 Å². The van der Waals surface area contributed by atoms with Gasteiger partial charge in [0.1, 0.15) is 11.9 Å². The van der Waals surface area contributed by atoms with E-state index in [9.17, 15) is 4.79 Å². The first kappa shape index (κ1) is 11.1. The van der Waals surface area contributed by atoms with E-state index in [1.54, 1.807) is 0 Å². The van der Waals surface area contributed by atoms with Crippen molar-refractivity contribution in [3.05, 3.63) is 23.4 Å². The number of amides is 1. The van der Waals surface area contributed by atoms with Crippen LogP contribution in [0.15, 0.2) is 12.1 Å². The van der Waals surface area contributed by atoms with E-state index in [0.717, 1.165) is 24.1 Å². The minimum atomic E-state index is -0.303. The fraction of sp³-hybridized carbons (Fsp3) is 0.500. The average molecular weight is 220 g/mol. The van der Waals surface area contributed by atoms with E-state index < -0.39 is 0 Å². The zero-order chi connectivity index (χ0) is 11.5. The summed E-state index contributed by atoms with van der Waals surface area (Å²) in [6.45, 7) is 4.57. The van der Waals surface area contributed by atoms with Crippen LogP contribution in [0.4, 0.5) is 5.82 Å². The van der Waals surface area contributed by atoms with Crippen LogP contribution in [0, 0.1) is 13.8 Å². The van der Waals surface area contributed by atoms with Crippen molar-refractivity contribution in [3.63, 3.8) is 0 Å². The Morgan fingerprint density at radius 1 is 1.50 bits per heavy atom. The number of anilines is 1. The Balaban J connectivity index is 2.05. The molecule has 0 radical (unpaired) electrons. The molecule has 1 aromatic rings. The lowest BCUT2D eigenvalue weighted by Gasteiger charge is -2.10. The molecular weight excluding hydrogens is 204 g/mol. The highest BCUT2D eigenvalue weighted by Crippen LogP contribution is 2.15. The number of aryl methyl sites for hydroxylation is 2. The van der Waals surface area contributed by atoms with Gasteiger partial charge in [0.05, 0.1) is 0 Å². The Morgan fingerprint density at radius 2 is 2.31 bits per heavy atom. The highest BCUT2D eigenvalue weighted by molar-refractivity contribution is 5.93. The van der Waals surface area contributed by atoms with Gasteiger partial charge in [0.15, 0.2) is 0 Å². The number of pyridine rings is 1. The molecule has 1 fully saturated rings. The number of nitrogens with one attached hydrogen (secondary N) is 1. The summed E-state index contributed by atoms with van der Waals surface area (Å²) in [6, 6.07) is 3.83. The van der Waals surface area contributed by atoms with Crippen molar-refractivity contribution in [1.29, 1.82) is 0 Å². The molecule has 16 heavy (non-hydrogen) atoms. The molecule has 1 aliphatic heterocycles. The quantitative estimate of drug-likeness (QED) is 0.827. The molecule has 1 unspecified atom stereocenters. The number of hydrogen-bond donors (Lipinski definition) is 1. The molecule has 1 atom stereocenters. The summed E-state index contributed by atoms with van der Waals surface area (Å²) in [5, 5.41) is 2.79. The third kappa shape index (κ3) is 2.58. The largest absolute Gasteiger partial charge is 0.368 e. The predicted octanol–water partition coefficient (Wildman–Crippen LogP) is 1.82. The second-order valence-corrected chi connectivity index (χ2v) is 4.16. The molecule has 4 heteroatoms. The molecule has 1 amide bonds. The van der Waals surface area contributed by atoms with E-state index in [2.05, 4.69) is 10.3 Å². The van der Waals surface area contributed by atoms with Crippen molar-refractivity contribution in [2.75, 3.05) is 11.9 Å². The predicted molar refractivity (Wildman–Crippen MR) is 61.3 cm³/mol. The summed E-state index contributed by atoms with van der Waals surface area (Å²) < 4.78 is 5.31. The smallest absolute Gasteiger partial charge is 0.254 e. The van der Waals surface area contributed by atoms with Gasteiger partial charge in [-0.1, -0.05) is 0 Å². The van der Waals surface area contributed by atoms with Crippen LogP contribution in [0.1, 0.15) is 24.1 Å². The molecule has 0 aromatic carbocycles. The average Bonchev–Trinajstić information content (AvgIpc) is 2.68. The lowest BCUT2D eigenvalue weighted by atomic mass is 10.2. The van der Waals surface area contributed by atoms with Crippen LogP contribution in [0.25, 0.3) is 0 Å². The third-order valence-electron chi connectivity index (χ3n) is 2.57. The first-order valence-corrected chi connectivity index (χ1v) is 5.53. The second kappa shape index (κ2) is 4.61. The van der Waals surface area contributed by atoms with Crippen LogP contribution in [-0.4, -0.2) is 23.6 Å². The summed E-state index contributed by atoms with van der Waals surface area (Å²) in [5.41, 5.74) is 2.00. The number of carbonyl (C=O) groups excluding carboxylic acids is 1. The van der Waals surface area contributed by atoms with Gasteiger partial charge < -0.3 is 10.1 Å². The summed E-state index contributed by atoms with van der Waals surface area (Å²) in [4.78, 5) is 16.0. The zero-order valence-electron chi connectivity index (χ0n) is 9.62. The topological polar surface area (TPSA) is 51.2 Å². The van der Waals surface area contributed by atoms with Crippen LogP contribution < -0.4 is 5.32 Å². The van der Waals surface area contributed by atoms with Gasteiger partial charge >= 0.3 is 0 Å². The van der Waals surface area contributed by atoms with Gasteiger partial charge in [-0.25, -0.2) is 4.98 Å². The van der Waals surface area contributed by atoms with Crippen LogP contribution in [0.2, 0.25) is 0 Å². The number of rotatable bonds is 2. The molecular formula is C12H16N2O2. The van der Waals surface area contributed by atoms with Crippen LogP contribution >= 0.6 is 0 Å². The molecule has 4 nitrogen and oxygen atoms in total. The Labute approximate surface area is 95.0 Å². The number of ether oxygens (including phenoxy) is 1. The molecule has 1 saturated heterocycles. The summed E-state index contributed by atoms with van der Waals surface area (Å²) in [6.07, 6.45) is 1.46. The highest BCUT2D eigenvalue weighted by atomic mass is 16.5. The van der Waals surface area contributed by atoms with Gasteiger partial charge in [-0.15, -0.1) is 0 Å². The van der Waals surface area contributed by atoms with Crippen molar-refractivity contribution in [1.82, 2.24) is 4.98 Å². The Morgan fingerprint density at radius 3 is 2.94 bits per heavy atom. The third-order valence-corrected chi connectivity index (χ3v) is 2.57. The molecule has 0 spiro atoms. The summed E-state index contributed by atoms with van der Waals surface area (Å²) >= 11 is 0. The molecule has 1 aliphatic rings. The fourth-order valence-electron chi connectivity index (χ4n) is 1.90. The van der Waals surface area contributed by atoms with Gasteiger partial charge in [0.2, 0.25) is 0 Å². The number of carbonyl (C=O) groups is 1. The minimum Gasteiger partial charge on any atom is -0.368 e. The van der Waals surface area contributed by atoms with Crippen LogP contribution in [0.3, 0.4) is 0 Å². The van der Waals surface area contributed by atoms with Crippen molar-refractivity contribution in [2.24, 2.45) is 0 Å². The molecule has 1 N–H and O–H groups in total. The molecule has 86 valence electrons. The SMILES string of the molecule is Cc1cc(C)nc(NC(=O)C2CCCO2)c1. The van der Waals surface area contributed by atoms with Gasteiger partial charge in [-0.05, 0) is 44.4 Å². The molecule has 0 saturated carbocycles. The first-order valence-electron chi connectivity index (χ1n) is 5.53. The van der Waals surface area contributed by atoms with Gasteiger partial charge in [-0.3, -0.25) is 4.79 Å². The Kier molecular flexibility index (Phi) is 3.19. The van der Waals surface area contributed by atoms with E-state index in [1.807, 2.05) is 26.0 Å². The van der Waals surface area contributed by atoms with Crippen molar-refractivity contribution >= 4 is 11.7 Å². The Hall–Kier alpha value is -1.42. The highest BCUT2D eigenvalue weighted by Gasteiger charge is 2.23. The van der Waals surface area contributed by atoms with E-state index in [-0.39, 0.29) is 12.0 Å². The van der Waals surface area contributed by atoms with E-state index in [4.69, 9.17) is 4.74 Å². The number of hydrogen-bond acceptors (Lipinski definition) is 3. The first-order chi connectivity index (χ1) is 7.65. The maximum absolute atomic E-state index is 11.8. The van der Waals surface area contributed by atoms with Gasteiger partial charge in [-0.2, -0.15) is 0 Å².